The molecule has 3 aliphatic heterocycles. The normalized spacial score (nSPS) is 50.3. The van der Waals surface area contributed by atoms with Crippen molar-refractivity contribution in [1.82, 2.24) is 5.48 Å². The fourth-order valence-corrected chi connectivity index (χ4v) is 3.81. The third-order valence-electron chi connectivity index (χ3n) is 5.70. The van der Waals surface area contributed by atoms with Gasteiger partial charge in [0.1, 0.15) is 61.0 Å². The number of β-amino-alcohol motifs (C(OH)–C–C–N with tert-alkyl or cyclic N) is 1. The highest BCUT2D eigenvalue weighted by molar-refractivity contribution is 4.95. The minimum absolute atomic E-state index is 0.0428. The summed E-state index contributed by atoms with van der Waals surface area (Å²) in [6, 6.07) is 0. The number of hydrogen-bond acceptors (Lipinski definition) is 15. The second-order valence-corrected chi connectivity index (χ2v) is 7.86. The van der Waals surface area contributed by atoms with Crippen LogP contribution in [-0.4, -0.2) is 152 Å². The fraction of sp³-hybridized carbons (Fsp3) is 1.00. The first-order valence-corrected chi connectivity index (χ1v) is 10.1. The molecular weight excluding hydrogens is 442 g/mol. The molecule has 3 rings (SSSR count). The second kappa shape index (κ2) is 11.2. The van der Waals surface area contributed by atoms with E-state index in [0.717, 1.165) is 0 Å². The van der Waals surface area contributed by atoms with Crippen molar-refractivity contribution in [2.75, 3.05) is 26.4 Å². The minimum Gasteiger partial charge on any atom is -0.394 e. The molecule has 0 aliphatic carbocycles. The van der Waals surface area contributed by atoms with Crippen LogP contribution in [0, 0.1) is 0 Å². The van der Waals surface area contributed by atoms with Crippen LogP contribution in [0.15, 0.2) is 0 Å². The summed E-state index contributed by atoms with van der Waals surface area (Å²) < 4.78 is 21.7. The lowest BCUT2D eigenvalue weighted by atomic mass is 9.97. The Labute approximate surface area is 182 Å². The molecule has 15 nitrogen and oxygen atoms in total. The molecule has 188 valence electrons. The largest absolute Gasteiger partial charge is 0.394 e. The zero-order valence-corrected chi connectivity index (χ0v) is 16.9. The van der Waals surface area contributed by atoms with Crippen LogP contribution in [0.1, 0.15) is 0 Å². The molecule has 0 unspecified atom stereocenters. The zero-order chi connectivity index (χ0) is 23.6. The quantitative estimate of drug-likeness (QED) is 0.165. The van der Waals surface area contributed by atoms with E-state index in [-0.39, 0.29) is 6.54 Å². The number of aliphatic hydroxyl groups is 9. The Kier molecular flexibility index (Phi) is 9.12. The van der Waals surface area contributed by atoms with Crippen LogP contribution < -0.4 is 5.48 Å². The van der Waals surface area contributed by atoms with E-state index in [1.807, 2.05) is 0 Å². The molecule has 0 spiro atoms. The predicted molar refractivity (Wildman–Crippen MR) is 97.2 cm³/mol. The molecule has 32 heavy (non-hydrogen) atoms. The number of aliphatic hydroxyl groups excluding tert-OH is 9. The van der Waals surface area contributed by atoms with Gasteiger partial charge in [0.25, 0.3) is 0 Å². The SMILES string of the molecule is OC[C@H]1O[C@@H](O[C@H]2[C@H](O)[C@@H](O)[C@H](O[C@H]3[C@H](O)CNO[C@@H]3CO)O[C@@H]2CO)[C@H](O)[C@@H](O)[C@@H]1O. The Morgan fingerprint density at radius 3 is 1.75 bits per heavy atom. The van der Waals surface area contributed by atoms with Gasteiger partial charge in [-0.1, -0.05) is 0 Å². The average Bonchev–Trinajstić information content (AvgIpc) is 2.79. The number of ether oxygens (including phenoxy) is 4. The van der Waals surface area contributed by atoms with Crippen molar-refractivity contribution in [1.29, 1.82) is 0 Å². The molecule has 3 fully saturated rings. The van der Waals surface area contributed by atoms with E-state index < -0.39 is 99.5 Å². The van der Waals surface area contributed by atoms with Crippen LogP contribution in [-0.2, 0) is 23.8 Å². The van der Waals surface area contributed by atoms with Gasteiger partial charge >= 0.3 is 0 Å². The molecule has 0 aromatic carbocycles. The maximum Gasteiger partial charge on any atom is 0.187 e. The van der Waals surface area contributed by atoms with Crippen LogP contribution in [0.25, 0.3) is 0 Å². The summed E-state index contributed by atoms with van der Waals surface area (Å²) in [4.78, 5) is 5.07. The first-order valence-electron chi connectivity index (χ1n) is 10.1. The van der Waals surface area contributed by atoms with E-state index in [9.17, 15) is 46.0 Å². The van der Waals surface area contributed by atoms with Crippen molar-refractivity contribution in [3.8, 4) is 0 Å². The monoisotopic (exact) mass is 473 g/mol. The Hall–Kier alpha value is -0.600. The number of hydrogen-bond donors (Lipinski definition) is 10. The summed E-state index contributed by atoms with van der Waals surface area (Å²) in [6.07, 6.45) is -19.3. The highest BCUT2D eigenvalue weighted by Crippen LogP contribution is 2.30. The summed E-state index contributed by atoms with van der Waals surface area (Å²) in [5.74, 6) is 0. The molecule has 0 radical (unpaired) electrons. The summed E-state index contributed by atoms with van der Waals surface area (Å²) >= 11 is 0. The molecule has 0 aromatic rings. The zero-order valence-electron chi connectivity index (χ0n) is 16.9. The van der Waals surface area contributed by atoms with Gasteiger partial charge < -0.3 is 64.9 Å². The van der Waals surface area contributed by atoms with Crippen molar-refractivity contribution in [2.24, 2.45) is 0 Å². The lowest BCUT2D eigenvalue weighted by Gasteiger charge is -2.47. The van der Waals surface area contributed by atoms with Gasteiger partial charge in [-0.3, -0.25) is 4.84 Å². The maximum atomic E-state index is 10.6. The summed E-state index contributed by atoms with van der Waals surface area (Å²) in [7, 11) is 0. The lowest BCUT2D eigenvalue weighted by Crippen LogP contribution is -2.66. The van der Waals surface area contributed by atoms with E-state index in [4.69, 9.17) is 23.8 Å². The van der Waals surface area contributed by atoms with E-state index in [2.05, 4.69) is 5.48 Å². The number of hydroxylamine groups is 1. The van der Waals surface area contributed by atoms with Gasteiger partial charge in [0, 0.05) is 6.54 Å². The van der Waals surface area contributed by atoms with Crippen LogP contribution in [0.2, 0.25) is 0 Å². The van der Waals surface area contributed by atoms with Crippen molar-refractivity contribution in [3.63, 3.8) is 0 Å². The van der Waals surface area contributed by atoms with Crippen molar-refractivity contribution >= 4 is 0 Å². The highest BCUT2D eigenvalue weighted by Gasteiger charge is 2.51. The van der Waals surface area contributed by atoms with Gasteiger partial charge in [0.2, 0.25) is 0 Å². The highest BCUT2D eigenvalue weighted by atomic mass is 16.8. The molecule has 0 bridgehead atoms. The lowest BCUT2D eigenvalue weighted by molar-refractivity contribution is -0.370. The molecule has 3 aliphatic rings. The van der Waals surface area contributed by atoms with Crippen LogP contribution in [0.5, 0.6) is 0 Å². The van der Waals surface area contributed by atoms with E-state index in [0.29, 0.717) is 0 Å². The third kappa shape index (κ3) is 5.22. The number of nitrogens with one attached hydrogen (secondary N) is 1. The molecule has 0 aromatic heterocycles. The smallest absolute Gasteiger partial charge is 0.187 e. The Balaban J connectivity index is 1.70. The van der Waals surface area contributed by atoms with Crippen molar-refractivity contribution in [2.45, 2.75) is 79.7 Å². The van der Waals surface area contributed by atoms with Crippen LogP contribution >= 0.6 is 0 Å². The molecule has 13 atom stereocenters. The second-order valence-electron chi connectivity index (χ2n) is 7.86. The summed E-state index contributed by atoms with van der Waals surface area (Å²) in [5.41, 5.74) is 2.42. The average molecular weight is 473 g/mol. The van der Waals surface area contributed by atoms with Crippen molar-refractivity contribution < 1.29 is 69.7 Å². The van der Waals surface area contributed by atoms with E-state index >= 15 is 0 Å². The first-order chi connectivity index (χ1) is 15.2. The molecular formula is C17H31NO14. The fourth-order valence-electron chi connectivity index (χ4n) is 3.81. The maximum absolute atomic E-state index is 10.6. The number of rotatable bonds is 7. The molecule has 15 heteroatoms. The molecule has 3 heterocycles. The Morgan fingerprint density at radius 2 is 1.16 bits per heavy atom. The standard InChI is InChI=1S/C17H31NO14/c19-2-6-9(23)10(24)12(26)16(28-6)31-15-7(3-20)29-17(13(27)11(15)25)30-14-5(22)1-18-32-8(14)4-21/h5-27H,1-4H2/t5-,6-,7-,8-,9-,10+,11-,12-,13-,14+,15-,16+,17+/m1/s1. The van der Waals surface area contributed by atoms with Crippen LogP contribution in [0.4, 0.5) is 0 Å². The van der Waals surface area contributed by atoms with E-state index in [1.165, 1.54) is 0 Å². The Bertz CT molecular complexity index is 583. The summed E-state index contributed by atoms with van der Waals surface area (Å²) in [6.45, 7) is -2.02. The van der Waals surface area contributed by atoms with Gasteiger partial charge in [0.05, 0.1) is 25.9 Å². The van der Waals surface area contributed by atoms with Crippen molar-refractivity contribution in [3.05, 3.63) is 0 Å². The molecule has 0 saturated carbocycles. The third-order valence-corrected chi connectivity index (χ3v) is 5.70. The summed E-state index contributed by atoms with van der Waals surface area (Å²) in [5, 5.41) is 89.4. The van der Waals surface area contributed by atoms with Crippen LogP contribution in [0.3, 0.4) is 0 Å². The molecule has 0 amide bonds. The Morgan fingerprint density at radius 1 is 0.625 bits per heavy atom. The topological polar surface area (TPSA) is 240 Å². The van der Waals surface area contributed by atoms with Gasteiger partial charge in [-0.2, -0.15) is 5.48 Å². The van der Waals surface area contributed by atoms with E-state index in [1.54, 1.807) is 0 Å². The van der Waals surface area contributed by atoms with Gasteiger partial charge in [-0.05, 0) is 0 Å². The van der Waals surface area contributed by atoms with Gasteiger partial charge in [-0.15, -0.1) is 0 Å². The van der Waals surface area contributed by atoms with Gasteiger partial charge in [-0.25, -0.2) is 0 Å². The predicted octanol–water partition coefficient (Wildman–Crippen LogP) is -6.75. The molecule has 3 saturated heterocycles. The molecule has 10 N–H and O–H groups in total. The van der Waals surface area contributed by atoms with Gasteiger partial charge in [0.15, 0.2) is 12.6 Å². The minimum atomic E-state index is -1.78. The first kappa shape index (κ1) is 26.0.